The number of nitrogens with zero attached hydrogens (tertiary/aromatic N) is 3. The number of aromatic nitrogens is 3. The molecule has 4 nitrogen and oxygen atoms in total. The molecule has 0 saturated heterocycles. The Bertz CT molecular complexity index is 2360. The molecule has 0 spiro atoms. The average Bonchev–Trinajstić information content (AvgIpc) is 3.21. The van der Waals surface area contributed by atoms with E-state index in [0.29, 0.717) is 17.5 Å². The lowest BCUT2D eigenvalue weighted by atomic mass is 9.63. The van der Waals surface area contributed by atoms with Gasteiger partial charge < -0.3 is 4.74 Å². The molecule has 236 valence electrons. The maximum Gasteiger partial charge on any atom is 0.164 e. The molecule has 0 radical (unpaired) electrons. The van der Waals surface area contributed by atoms with Crippen LogP contribution in [0.4, 0.5) is 0 Å². The zero-order valence-corrected chi connectivity index (χ0v) is 27.1. The minimum absolute atomic E-state index is 0.594. The third-order valence-corrected chi connectivity index (χ3v) is 9.46. The Morgan fingerprint density at radius 2 is 0.720 bits per heavy atom. The van der Waals surface area contributed by atoms with Gasteiger partial charge in [0.05, 0.1) is 5.41 Å². The van der Waals surface area contributed by atoms with Gasteiger partial charge in [-0.15, -0.1) is 0 Å². The zero-order valence-electron chi connectivity index (χ0n) is 27.1. The highest BCUT2D eigenvalue weighted by atomic mass is 16.5. The van der Waals surface area contributed by atoms with E-state index in [9.17, 15) is 0 Å². The molecule has 50 heavy (non-hydrogen) atoms. The molecule has 0 fully saturated rings. The second-order valence-corrected chi connectivity index (χ2v) is 12.4. The Labute approximate surface area is 291 Å². The summed E-state index contributed by atoms with van der Waals surface area (Å²) >= 11 is 0. The van der Waals surface area contributed by atoms with Gasteiger partial charge in [0.25, 0.3) is 0 Å². The first kappa shape index (κ1) is 29.5. The van der Waals surface area contributed by atoms with Crippen LogP contribution in [0.3, 0.4) is 0 Å². The minimum atomic E-state index is -0.594. The van der Waals surface area contributed by atoms with Gasteiger partial charge >= 0.3 is 0 Å². The fourth-order valence-electron chi connectivity index (χ4n) is 7.18. The Kier molecular flexibility index (Phi) is 7.33. The third-order valence-electron chi connectivity index (χ3n) is 9.46. The smallest absolute Gasteiger partial charge is 0.164 e. The predicted molar refractivity (Wildman–Crippen MR) is 200 cm³/mol. The van der Waals surface area contributed by atoms with Gasteiger partial charge in [0.15, 0.2) is 17.5 Å². The maximum absolute atomic E-state index is 6.52. The molecule has 7 aromatic carbocycles. The van der Waals surface area contributed by atoms with E-state index in [0.717, 1.165) is 56.0 Å². The summed E-state index contributed by atoms with van der Waals surface area (Å²) in [5.74, 6) is 3.64. The molecule has 0 bridgehead atoms. The van der Waals surface area contributed by atoms with E-state index in [1.54, 1.807) is 0 Å². The van der Waals surface area contributed by atoms with Crippen LogP contribution in [0.25, 0.3) is 45.3 Å². The number of ether oxygens (including phenoxy) is 1. The molecule has 1 aromatic heterocycles. The van der Waals surface area contributed by atoms with Gasteiger partial charge in [-0.1, -0.05) is 164 Å². The Morgan fingerprint density at radius 3 is 1.30 bits per heavy atom. The molecule has 0 amide bonds. The van der Waals surface area contributed by atoms with Crippen molar-refractivity contribution in [2.24, 2.45) is 0 Å². The molecule has 1 aliphatic heterocycles. The molecule has 0 aliphatic carbocycles. The molecular weight excluding hydrogens is 611 g/mol. The summed E-state index contributed by atoms with van der Waals surface area (Å²) in [5.41, 5.74) is 8.96. The molecule has 0 saturated carbocycles. The van der Waals surface area contributed by atoms with Crippen LogP contribution >= 0.6 is 0 Å². The summed E-state index contributed by atoms with van der Waals surface area (Å²) in [6.45, 7) is 0. The normalized spacial score (nSPS) is 12.7. The quantitative estimate of drug-likeness (QED) is 0.181. The van der Waals surface area contributed by atoms with Gasteiger partial charge in [0.2, 0.25) is 0 Å². The summed E-state index contributed by atoms with van der Waals surface area (Å²) in [6.07, 6.45) is 0. The number of para-hydroxylation sites is 2. The third kappa shape index (κ3) is 5.06. The molecular formula is C46H31N3O. The van der Waals surface area contributed by atoms with Crippen molar-refractivity contribution in [3.8, 4) is 56.8 Å². The fourth-order valence-corrected chi connectivity index (χ4v) is 7.18. The summed E-state index contributed by atoms with van der Waals surface area (Å²) in [7, 11) is 0. The fraction of sp³-hybridized carbons (Fsp3) is 0.0217. The van der Waals surface area contributed by atoms with E-state index < -0.39 is 5.41 Å². The van der Waals surface area contributed by atoms with Gasteiger partial charge in [0, 0.05) is 27.8 Å². The molecule has 0 unspecified atom stereocenters. The van der Waals surface area contributed by atoms with Gasteiger partial charge in [0.1, 0.15) is 11.5 Å². The van der Waals surface area contributed by atoms with Gasteiger partial charge in [-0.05, 0) is 46.5 Å². The van der Waals surface area contributed by atoms with Crippen molar-refractivity contribution in [2.45, 2.75) is 5.41 Å². The predicted octanol–water partition coefficient (Wildman–Crippen LogP) is 11.0. The number of rotatable bonds is 6. The first-order valence-electron chi connectivity index (χ1n) is 16.8. The number of benzene rings is 7. The van der Waals surface area contributed by atoms with Gasteiger partial charge in [-0.2, -0.15) is 0 Å². The lowest BCUT2D eigenvalue weighted by Gasteiger charge is -2.41. The van der Waals surface area contributed by atoms with Crippen molar-refractivity contribution in [1.29, 1.82) is 0 Å². The molecule has 4 heteroatoms. The minimum Gasteiger partial charge on any atom is -0.457 e. The van der Waals surface area contributed by atoms with Crippen LogP contribution in [0.5, 0.6) is 11.5 Å². The van der Waals surface area contributed by atoms with E-state index in [2.05, 4.69) is 115 Å². The van der Waals surface area contributed by atoms with Crippen LogP contribution in [0.1, 0.15) is 22.3 Å². The Hall–Kier alpha value is -6.65. The van der Waals surface area contributed by atoms with E-state index >= 15 is 0 Å². The lowest BCUT2D eigenvalue weighted by molar-refractivity contribution is 0.434. The zero-order chi connectivity index (χ0) is 33.3. The SMILES string of the molecule is c1ccc(-c2nc(-c3ccccc3)nc(-c3cccc(-c4cccc(C5(c6ccccc6)c6ccccc6Oc6ccccc65)c4)c3)n2)cc1. The highest BCUT2D eigenvalue weighted by Crippen LogP contribution is 2.55. The first-order chi connectivity index (χ1) is 24.8. The Morgan fingerprint density at radius 1 is 0.320 bits per heavy atom. The standard InChI is InChI=1S/C46H31N3O/c1-4-16-32(17-5-1)43-47-44(33-18-6-2-7-19-33)49-45(48-43)36-22-14-20-34(30-36)35-21-15-25-38(31-35)46(37-23-8-3-9-24-37)39-26-10-12-28-41(39)50-42-29-13-11-27-40(42)46/h1-31H. The van der Waals surface area contributed by atoms with E-state index in [1.165, 1.54) is 5.56 Å². The molecule has 9 rings (SSSR count). The molecule has 0 atom stereocenters. The molecule has 2 heterocycles. The topological polar surface area (TPSA) is 47.9 Å². The average molecular weight is 642 g/mol. The van der Waals surface area contributed by atoms with E-state index in [-0.39, 0.29) is 0 Å². The van der Waals surface area contributed by atoms with Crippen LogP contribution in [0.2, 0.25) is 0 Å². The van der Waals surface area contributed by atoms with Crippen molar-refractivity contribution in [3.05, 3.63) is 210 Å². The second-order valence-electron chi connectivity index (χ2n) is 12.4. The van der Waals surface area contributed by atoms with E-state index in [1.807, 2.05) is 72.8 Å². The molecule has 1 aliphatic rings. The van der Waals surface area contributed by atoms with Crippen LogP contribution in [0, 0.1) is 0 Å². The summed E-state index contributed by atoms with van der Waals surface area (Å²) in [4.78, 5) is 14.9. The van der Waals surface area contributed by atoms with Gasteiger partial charge in [-0.25, -0.2) is 15.0 Å². The van der Waals surface area contributed by atoms with Crippen LogP contribution in [-0.2, 0) is 5.41 Å². The van der Waals surface area contributed by atoms with Crippen LogP contribution in [0.15, 0.2) is 188 Å². The monoisotopic (exact) mass is 641 g/mol. The van der Waals surface area contributed by atoms with Crippen LogP contribution in [-0.4, -0.2) is 15.0 Å². The van der Waals surface area contributed by atoms with Crippen molar-refractivity contribution in [1.82, 2.24) is 15.0 Å². The summed E-state index contributed by atoms with van der Waals surface area (Å²) in [5, 5.41) is 0. The largest absolute Gasteiger partial charge is 0.457 e. The summed E-state index contributed by atoms with van der Waals surface area (Å²) < 4.78 is 6.52. The molecule has 0 N–H and O–H groups in total. The first-order valence-corrected chi connectivity index (χ1v) is 16.8. The van der Waals surface area contributed by atoms with Crippen molar-refractivity contribution < 1.29 is 4.74 Å². The van der Waals surface area contributed by atoms with Crippen molar-refractivity contribution in [3.63, 3.8) is 0 Å². The van der Waals surface area contributed by atoms with E-state index in [4.69, 9.17) is 19.7 Å². The maximum atomic E-state index is 6.52. The number of fused-ring (bicyclic) bond motifs is 2. The van der Waals surface area contributed by atoms with Gasteiger partial charge in [-0.3, -0.25) is 0 Å². The van der Waals surface area contributed by atoms with Crippen LogP contribution < -0.4 is 4.74 Å². The number of hydrogen-bond donors (Lipinski definition) is 0. The molecule has 8 aromatic rings. The summed E-state index contributed by atoms with van der Waals surface area (Å²) in [6, 6.07) is 65.1. The number of hydrogen-bond acceptors (Lipinski definition) is 4. The lowest BCUT2D eigenvalue weighted by Crippen LogP contribution is -2.34. The Balaban J connectivity index is 1.21. The highest BCUT2D eigenvalue weighted by Gasteiger charge is 2.45. The van der Waals surface area contributed by atoms with Crippen molar-refractivity contribution >= 4 is 0 Å². The van der Waals surface area contributed by atoms with Crippen molar-refractivity contribution in [2.75, 3.05) is 0 Å². The highest BCUT2D eigenvalue weighted by molar-refractivity contribution is 5.75. The second kappa shape index (κ2) is 12.4.